The van der Waals surface area contributed by atoms with Crippen molar-refractivity contribution in [2.45, 2.75) is 0 Å². The van der Waals surface area contributed by atoms with Gasteiger partial charge in [-0.05, 0) is 22.3 Å². The number of allylic oxidation sites excluding steroid dienone is 4. The van der Waals surface area contributed by atoms with Crippen LogP contribution in [0.15, 0.2) is 198 Å². The standard InChI is InChI=1S/4C8H8.2C4H6/c4*1-2-8-6-4-3-5-7-8;2*1-3-4-2/h4*2-7H,1H2;2*3-4H,1-2H2. The van der Waals surface area contributed by atoms with Crippen molar-refractivity contribution in [3.05, 3.63) is 221 Å². The molecule has 0 spiro atoms. The largest absolute Gasteiger partial charge is 0.0991 e. The first kappa shape index (κ1) is 37.0. The Balaban J connectivity index is 0. The number of hydrogen-bond donors (Lipinski definition) is 0. The van der Waals surface area contributed by atoms with Gasteiger partial charge in [-0.3, -0.25) is 0 Å². The van der Waals surface area contributed by atoms with E-state index in [0.717, 1.165) is 0 Å². The third-order valence-electron chi connectivity index (χ3n) is 4.47. The van der Waals surface area contributed by atoms with Crippen LogP contribution in [0.3, 0.4) is 0 Å². The Bertz CT molecular complexity index is 984. The molecule has 0 heteroatoms. The first-order valence-electron chi connectivity index (χ1n) is 12.7. The molecule has 0 aliphatic rings. The summed E-state index contributed by atoms with van der Waals surface area (Å²) in [6, 6.07) is 40.1. The maximum atomic E-state index is 3.63. The third kappa shape index (κ3) is 24.5. The predicted molar refractivity (Wildman–Crippen MR) is 187 cm³/mol. The van der Waals surface area contributed by atoms with Gasteiger partial charge in [0.2, 0.25) is 0 Å². The minimum Gasteiger partial charge on any atom is -0.0991 e. The van der Waals surface area contributed by atoms with Gasteiger partial charge in [-0.25, -0.2) is 0 Å². The van der Waals surface area contributed by atoms with E-state index in [1.807, 2.05) is 146 Å². The molecule has 204 valence electrons. The molecule has 0 atom stereocenters. The molecule has 4 rings (SSSR count). The average molecular weight is 525 g/mol. The van der Waals surface area contributed by atoms with Gasteiger partial charge in [0, 0.05) is 0 Å². The summed E-state index contributed by atoms with van der Waals surface area (Å²) in [7, 11) is 0. The van der Waals surface area contributed by atoms with Crippen LogP contribution in [0.2, 0.25) is 0 Å². The maximum absolute atomic E-state index is 3.63. The van der Waals surface area contributed by atoms with Crippen LogP contribution in [-0.2, 0) is 0 Å². The van der Waals surface area contributed by atoms with E-state index in [9.17, 15) is 0 Å². The first-order chi connectivity index (χ1) is 19.6. The molecule has 0 saturated heterocycles. The summed E-state index contributed by atoms with van der Waals surface area (Å²) in [5.41, 5.74) is 4.69. The smallest absolute Gasteiger partial charge is 0.0263 e. The Labute approximate surface area is 244 Å². The van der Waals surface area contributed by atoms with Crippen LogP contribution in [0.1, 0.15) is 22.3 Å². The highest BCUT2D eigenvalue weighted by Gasteiger charge is 1.78. The molecule has 0 aliphatic heterocycles. The van der Waals surface area contributed by atoms with Gasteiger partial charge in [-0.15, -0.1) is 0 Å². The lowest BCUT2D eigenvalue weighted by Crippen LogP contribution is -1.63. The molecule has 0 amide bonds. The van der Waals surface area contributed by atoms with Crippen LogP contribution in [-0.4, -0.2) is 0 Å². The molecule has 0 unspecified atom stereocenters. The van der Waals surface area contributed by atoms with Crippen LogP contribution in [0.5, 0.6) is 0 Å². The highest BCUT2D eigenvalue weighted by molar-refractivity contribution is 5.47. The third-order valence-corrected chi connectivity index (χ3v) is 4.47. The number of benzene rings is 4. The number of rotatable bonds is 6. The van der Waals surface area contributed by atoms with E-state index in [1.165, 1.54) is 22.3 Å². The fourth-order valence-electron chi connectivity index (χ4n) is 2.36. The van der Waals surface area contributed by atoms with E-state index in [2.05, 4.69) is 52.6 Å². The van der Waals surface area contributed by atoms with Gasteiger partial charge in [0.1, 0.15) is 0 Å². The molecular formula is C40H44. The molecule has 40 heavy (non-hydrogen) atoms. The summed E-state index contributed by atoms with van der Waals surface area (Å²) in [4.78, 5) is 0. The fraction of sp³-hybridized carbons (Fsp3) is 0. The molecule has 0 fully saturated rings. The monoisotopic (exact) mass is 524 g/mol. The Hall–Kier alpha value is -5.20. The molecular weight excluding hydrogens is 480 g/mol. The quantitative estimate of drug-likeness (QED) is 0.220. The molecule has 0 aliphatic carbocycles. The zero-order valence-electron chi connectivity index (χ0n) is 23.8. The predicted octanol–water partition coefficient (Wildman–Crippen LogP) is 12.0. The van der Waals surface area contributed by atoms with Crippen molar-refractivity contribution >= 4 is 24.3 Å². The van der Waals surface area contributed by atoms with Gasteiger partial charge in [0.15, 0.2) is 0 Å². The summed E-state index contributed by atoms with van der Waals surface area (Å²) in [5.74, 6) is 0. The average Bonchev–Trinajstić information content (AvgIpc) is 3.07. The molecule has 0 bridgehead atoms. The second-order valence-electron chi connectivity index (χ2n) is 7.40. The summed E-state index contributed by atoms with van der Waals surface area (Å²) in [5, 5.41) is 0. The molecule has 0 aromatic heterocycles. The molecule has 0 radical (unpaired) electrons. The molecule has 0 saturated carbocycles. The maximum Gasteiger partial charge on any atom is -0.0263 e. The van der Waals surface area contributed by atoms with Crippen LogP contribution in [0, 0.1) is 0 Å². The fourth-order valence-corrected chi connectivity index (χ4v) is 2.36. The van der Waals surface area contributed by atoms with Crippen molar-refractivity contribution in [3.63, 3.8) is 0 Å². The van der Waals surface area contributed by atoms with Crippen molar-refractivity contribution in [2.24, 2.45) is 0 Å². The minimum atomic E-state index is 1.17. The Morgan fingerprint density at radius 2 is 0.400 bits per heavy atom. The van der Waals surface area contributed by atoms with E-state index < -0.39 is 0 Å². The molecule has 0 nitrogen and oxygen atoms in total. The molecule has 0 N–H and O–H groups in total. The summed E-state index contributed by atoms with van der Waals surface area (Å²) >= 11 is 0. The Morgan fingerprint density at radius 1 is 0.250 bits per heavy atom. The van der Waals surface area contributed by atoms with Crippen molar-refractivity contribution in [1.29, 1.82) is 0 Å². The van der Waals surface area contributed by atoms with E-state index in [-0.39, 0.29) is 0 Å². The zero-order valence-corrected chi connectivity index (χ0v) is 23.8. The van der Waals surface area contributed by atoms with Gasteiger partial charge in [-0.2, -0.15) is 0 Å². The normalized spacial score (nSPS) is 7.80. The second kappa shape index (κ2) is 30.0. The van der Waals surface area contributed by atoms with E-state index in [0.29, 0.717) is 0 Å². The van der Waals surface area contributed by atoms with E-state index in [1.54, 1.807) is 24.3 Å². The summed E-state index contributed by atoms with van der Waals surface area (Å²) in [6.45, 7) is 28.0. The second-order valence-corrected chi connectivity index (χ2v) is 7.40. The topological polar surface area (TPSA) is 0 Å². The lowest BCUT2D eigenvalue weighted by molar-refractivity contribution is 1.67. The van der Waals surface area contributed by atoms with Crippen molar-refractivity contribution < 1.29 is 0 Å². The Kier molecular flexibility index (Phi) is 27.7. The minimum absolute atomic E-state index is 1.17. The van der Waals surface area contributed by atoms with Crippen LogP contribution >= 0.6 is 0 Å². The van der Waals surface area contributed by atoms with Gasteiger partial charge in [0.25, 0.3) is 0 Å². The lowest BCUT2D eigenvalue weighted by atomic mass is 10.2. The van der Waals surface area contributed by atoms with E-state index >= 15 is 0 Å². The SMILES string of the molecule is C=CC=C.C=CC=C.C=Cc1ccccc1.C=Cc1ccccc1.C=Cc1ccccc1.C=Cc1ccccc1. The number of hydrogen-bond acceptors (Lipinski definition) is 0. The van der Waals surface area contributed by atoms with Gasteiger partial charge in [0.05, 0.1) is 0 Å². The van der Waals surface area contributed by atoms with E-state index in [4.69, 9.17) is 0 Å². The zero-order chi connectivity index (χ0) is 30.1. The van der Waals surface area contributed by atoms with Gasteiger partial charge < -0.3 is 0 Å². The lowest BCUT2D eigenvalue weighted by Gasteiger charge is -1.85. The van der Waals surface area contributed by atoms with Crippen LogP contribution in [0.25, 0.3) is 24.3 Å². The molecule has 0 heterocycles. The van der Waals surface area contributed by atoms with Crippen molar-refractivity contribution in [3.8, 4) is 0 Å². The Morgan fingerprint density at radius 3 is 0.475 bits per heavy atom. The van der Waals surface area contributed by atoms with Crippen LogP contribution in [0.4, 0.5) is 0 Å². The summed E-state index contributed by atoms with van der Waals surface area (Å²) in [6.07, 6.45) is 13.9. The highest BCUT2D eigenvalue weighted by Crippen LogP contribution is 1.99. The van der Waals surface area contributed by atoms with Gasteiger partial charge in [-0.1, -0.05) is 223 Å². The summed E-state index contributed by atoms with van der Waals surface area (Å²) < 4.78 is 0. The molecule has 4 aromatic carbocycles. The van der Waals surface area contributed by atoms with Gasteiger partial charge >= 0.3 is 0 Å². The van der Waals surface area contributed by atoms with Crippen LogP contribution < -0.4 is 0 Å². The first-order valence-corrected chi connectivity index (χ1v) is 12.7. The highest BCUT2D eigenvalue weighted by atomic mass is 13.8. The van der Waals surface area contributed by atoms with Crippen molar-refractivity contribution in [2.75, 3.05) is 0 Å². The van der Waals surface area contributed by atoms with Crippen molar-refractivity contribution in [1.82, 2.24) is 0 Å². The molecule has 4 aromatic rings.